The van der Waals surface area contributed by atoms with Gasteiger partial charge in [-0.1, -0.05) is 17.7 Å². The van der Waals surface area contributed by atoms with Crippen molar-refractivity contribution in [2.75, 3.05) is 6.54 Å². The van der Waals surface area contributed by atoms with Crippen molar-refractivity contribution in [1.29, 1.82) is 0 Å². The van der Waals surface area contributed by atoms with E-state index in [4.69, 9.17) is 17.3 Å². The highest BCUT2D eigenvalue weighted by atomic mass is 35.5. The summed E-state index contributed by atoms with van der Waals surface area (Å²) in [5, 5.41) is 0.555. The summed E-state index contributed by atoms with van der Waals surface area (Å²) in [4.78, 5) is 4.12. The minimum atomic E-state index is 0.555. The Morgan fingerprint density at radius 1 is 1.45 bits per heavy atom. The van der Waals surface area contributed by atoms with Gasteiger partial charge in [0.05, 0.1) is 0 Å². The van der Waals surface area contributed by atoms with Crippen molar-refractivity contribution in [3.05, 3.63) is 29.0 Å². The molecule has 11 heavy (non-hydrogen) atoms. The third-order valence-electron chi connectivity index (χ3n) is 1.41. The number of aryl methyl sites for hydroxylation is 1. The lowest BCUT2D eigenvalue weighted by molar-refractivity contribution is 0.810. The number of hydrogen-bond acceptors (Lipinski definition) is 2. The lowest BCUT2D eigenvalue weighted by Gasteiger charge is -1.97. The molecule has 0 aliphatic rings. The molecule has 0 radical (unpaired) electrons. The van der Waals surface area contributed by atoms with Crippen molar-refractivity contribution in [3.8, 4) is 0 Å². The molecule has 3 heteroatoms. The molecule has 0 aromatic carbocycles. The third-order valence-corrected chi connectivity index (χ3v) is 1.62. The van der Waals surface area contributed by atoms with Crippen molar-refractivity contribution in [3.63, 3.8) is 0 Å². The maximum atomic E-state index is 5.68. The second kappa shape index (κ2) is 4.31. The molecule has 0 amide bonds. The second-order valence-electron chi connectivity index (χ2n) is 2.34. The Balaban J connectivity index is 2.56. The van der Waals surface area contributed by atoms with Gasteiger partial charge in [0.25, 0.3) is 0 Å². The minimum absolute atomic E-state index is 0.555. The van der Waals surface area contributed by atoms with Crippen LogP contribution in [0.1, 0.15) is 12.1 Å². The van der Waals surface area contributed by atoms with Crippen LogP contribution in [0, 0.1) is 0 Å². The van der Waals surface area contributed by atoms with E-state index in [9.17, 15) is 0 Å². The van der Waals surface area contributed by atoms with E-state index in [1.54, 1.807) is 6.07 Å². The molecule has 0 atom stereocenters. The van der Waals surface area contributed by atoms with Crippen LogP contribution in [0.5, 0.6) is 0 Å². The SMILES string of the molecule is NCCCc1cccc(Cl)n1. The summed E-state index contributed by atoms with van der Waals surface area (Å²) in [5.74, 6) is 0. The molecule has 1 aromatic heterocycles. The molecule has 0 saturated carbocycles. The van der Waals surface area contributed by atoms with Gasteiger partial charge in [-0.25, -0.2) is 4.98 Å². The first-order valence-electron chi connectivity index (χ1n) is 3.64. The molecule has 1 rings (SSSR count). The van der Waals surface area contributed by atoms with Gasteiger partial charge in [0.15, 0.2) is 0 Å². The van der Waals surface area contributed by atoms with Gasteiger partial charge in [-0.15, -0.1) is 0 Å². The second-order valence-corrected chi connectivity index (χ2v) is 2.73. The average molecular weight is 171 g/mol. The van der Waals surface area contributed by atoms with Crippen molar-refractivity contribution in [2.45, 2.75) is 12.8 Å². The molecule has 1 heterocycles. The smallest absolute Gasteiger partial charge is 0.129 e. The molecule has 0 aliphatic heterocycles. The zero-order valence-electron chi connectivity index (χ0n) is 6.26. The van der Waals surface area contributed by atoms with Crippen LogP contribution >= 0.6 is 11.6 Å². The Labute approximate surface area is 71.4 Å². The number of pyridine rings is 1. The predicted molar refractivity (Wildman–Crippen MR) is 46.6 cm³/mol. The fourth-order valence-electron chi connectivity index (χ4n) is 0.873. The van der Waals surface area contributed by atoms with Crippen molar-refractivity contribution in [2.24, 2.45) is 5.73 Å². The topological polar surface area (TPSA) is 38.9 Å². The molecule has 2 N–H and O–H groups in total. The van der Waals surface area contributed by atoms with Crippen LogP contribution in [0.2, 0.25) is 5.15 Å². The summed E-state index contributed by atoms with van der Waals surface area (Å²) >= 11 is 5.68. The molecular formula is C8H11ClN2. The van der Waals surface area contributed by atoms with E-state index in [0.29, 0.717) is 11.7 Å². The first kappa shape index (κ1) is 8.50. The monoisotopic (exact) mass is 170 g/mol. The summed E-state index contributed by atoms with van der Waals surface area (Å²) in [6.45, 7) is 0.703. The molecule has 60 valence electrons. The first-order valence-corrected chi connectivity index (χ1v) is 4.02. The Kier molecular flexibility index (Phi) is 3.33. The van der Waals surface area contributed by atoms with E-state index < -0.39 is 0 Å². The Morgan fingerprint density at radius 2 is 2.27 bits per heavy atom. The van der Waals surface area contributed by atoms with E-state index in [0.717, 1.165) is 18.5 Å². The van der Waals surface area contributed by atoms with Crippen LogP contribution in [0.15, 0.2) is 18.2 Å². The van der Waals surface area contributed by atoms with Gasteiger partial charge in [-0.2, -0.15) is 0 Å². The van der Waals surface area contributed by atoms with E-state index in [1.165, 1.54) is 0 Å². The standard InChI is InChI=1S/C8H11ClN2/c9-8-5-1-3-7(11-8)4-2-6-10/h1,3,5H,2,4,6,10H2. The molecule has 2 nitrogen and oxygen atoms in total. The normalized spacial score (nSPS) is 10.0. The third kappa shape index (κ3) is 2.87. The van der Waals surface area contributed by atoms with Gasteiger partial charge in [0.1, 0.15) is 5.15 Å². The van der Waals surface area contributed by atoms with Crippen LogP contribution in [0.4, 0.5) is 0 Å². The van der Waals surface area contributed by atoms with Crippen LogP contribution in [0.25, 0.3) is 0 Å². The number of nitrogens with two attached hydrogens (primary N) is 1. The summed E-state index contributed by atoms with van der Waals surface area (Å²) in [6, 6.07) is 5.64. The van der Waals surface area contributed by atoms with Gasteiger partial charge in [0, 0.05) is 5.69 Å². The number of nitrogens with zero attached hydrogens (tertiary/aromatic N) is 1. The van der Waals surface area contributed by atoms with Gasteiger partial charge in [0.2, 0.25) is 0 Å². The fourth-order valence-corrected chi connectivity index (χ4v) is 1.05. The fraction of sp³-hybridized carbons (Fsp3) is 0.375. The van der Waals surface area contributed by atoms with Crippen molar-refractivity contribution < 1.29 is 0 Å². The lowest BCUT2D eigenvalue weighted by atomic mass is 10.2. The highest BCUT2D eigenvalue weighted by molar-refractivity contribution is 6.29. The highest BCUT2D eigenvalue weighted by Crippen LogP contribution is 2.06. The summed E-state index contributed by atoms with van der Waals surface area (Å²) < 4.78 is 0. The highest BCUT2D eigenvalue weighted by Gasteiger charge is 1.93. The van der Waals surface area contributed by atoms with Crippen LogP contribution in [0.3, 0.4) is 0 Å². The quantitative estimate of drug-likeness (QED) is 0.701. The molecule has 1 aromatic rings. The number of rotatable bonds is 3. The molecule has 0 aliphatic carbocycles. The Bertz CT molecular complexity index is 225. The minimum Gasteiger partial charge on any atom is -0.330 e. The zero-order chi connectivity index (χ0) is 8.10. The Hall–Kier alpha value is -0.600. The predicted octanol–water partition coefficient (Wildman–Crippen LogP) is 1.63. The molecule has 0 saturated heterocycles. The van der Waals surface area contributed by atoms with Crippen LogP contribution in [-0.4, -0.2) is 11.5 Å². The molecule has 0 fully saturated rings. The number of hydrogen-bond donors (Lipinski definition) is 1. The average Bonchev–Trinajstić information content (AvgIpc) is 2.01. The molecule has 0 bridgehead atoms. The molecule has 0 unspecified atom stereocenters. The largest absolute Gasteiger partial charge is 0.330 e. The summed E-state index contributed by atoms with van der Waals surface area (Å²) in [5.41, 5.74) is 6.37. The maximum Gasteiger partial charge on any atom is 0.129 e. The van der Waals surface area contributed by atoms with E-state index >= 15 is 0 Å². The summed E-state index contributed by atoms with van der Waals surface area (Å²) in [7, 11) is 0. The van der Waals surface area contributed by atoms with Crippen LogP contribution < -0.4 is 5.73 Å². The van der Waals surface area contributed by atoms with E-state index in [2.05, 4.69) is 4.98 Å². The van der Waals surface area contributed by atoms with E-state index in [-0.39, 0.29) is 0 Å². The van der Waals surface area contributed by atoms with Gasteiger partial charge < -0.3 is 5.73 Å². The molecule has 0 spiro atoms. The van der Waals surface area contributed by atoms with Crippen LogP contribution in [-0.2, 0) is 6.42 Å². The van der Waals surface area contributed by atoms with Gasteiger partial charge in [-0.3, -0.25) is 0 Å². The lowest BCUT2D eigenvalue weighted by Crippen LogP contribution is -2.01. The van der Waals surface area contributed by atoms with Crippen molar-refractivity contribution >= 4 is 11.6 Å². The van der Waals surface area contributed by atoms with Gasteiger partial charge in [-0.05, 0) is 31.5 Å². The maximum absolute atomic E-state index is 5.68. The first-order chi connectivity index (χ1) is 5.33. The number of aromatic nitrogens is 1. The van der Waals surface area contributed by atoms with E-state index in [1.807, 2.05) is 12.1 Å². The summed E-state index contributed by atoms with van der Waals surface area (Å²) in [6.07, 6.45) is 1.88. The Morgan fingerprint density at radius 3 is 2.91 bits per heavy atom. The van der Waals surface area contributed by atoms with Gasteiger partial charge >= 0.3 is 0 Å². The molecular weight excluding hydrogens is 160 g/mol. The zero-order valence-corrected chi connectivity index (χ0v) is 7.01. The number of halogens is 1. The van der Waals surface area contributed by atoms with Crippen molar-refractivity contribution in [1.82, 2.24) is 4.98 Å².